The molecule has 0 saturated heterocycles. The van der Waals surface area contributed by atoms with Crippen molar-refractivity contribution in [3.05, 3.63) is 55.3 Å². The van der Waals surface area contributed by atoms with Crippen LogP contribution < -0.4 is 135 Å². The van der Waals surface area contributed by atoms with Crippen molar-refractivity contribution in [2.75, 3.05) is 78.6 Å². The predicted octanol–water partition coefficient (Wildman–Crippen LogP) is -8.87. The van der Waals surface area contributed by atoms with Gasteiger partial charge in [0.25, 0.3) is 6.47 Å². The highest BCUT2D eigenvalue weighted by molar-refractivity contribution is 5.88. The lowest BCUT2D eigenvalue weighted by Crippen LogP contribution is -2.45. The molecular weight excluding hydrogens is 1590 g/mol. The maximum atomic E-state index is 11.2. The number of ether oxygens (including phenoxy) is 1. The van der Waals surface area contributed by atoms with Gasteiger partial charge in [-0.15, -0.1) is 6.58 Å². The zero-order chi connectivity index (χ0) is 93.5. The second-order valence-corrected chi connectivity index (χ2v) is 23.7. The number of hydroxylamine groups is 1. The van der Waals surface area contributed by atoms with Gasteiger partial charge >= 0.3 is 53.7 Å². The lowest BCUT2D eigenvalue weighted by molar-refractivity contribution is -0.143. The number of aliphatic carboxylic acids is 8. The molecule has 0 bridgehead atoms. The van der Waals surface area contributed by atoms with Crippen molar-refractivity contribution >= 4 is 119 Å². The van der Waals surface area contributed by atoms with Gasteiger partial charge in [0.05, 0.1) is 11.3 Å². The Morgan fingerprint density at radius 1 is 0.467 bits per heavy atom. The maximum absolute atomic E-state index is 11.2. The lowest BCUT2D eigenvalue weighted by atomic mass is 10.1. The molecule has 54 nitrogen and oxygen atoms in total. The molecule has 1 amide bonds. The Kier molecular flexibility index (Phi) is 79.5. The van der Waals surface area contributed by atoms with Crippen molar-refractivity contribution in [3.63, 3.8) is 0 Å². The number of rotatable bonds is 52. The summed E-state index contributed by atoms with van der Waals surface area (Å²) in [6, 6.07) is -0.830. The first-order chi connectivity index (χ1) is 56.3. The number of carbonyl (C=O) groups is 11. The molecule has 8 atom stereocenters. The molecule has 8 unspecified atom stereocenters. The summed E-state index contributed by atoms with van der Waals surface area (Å²) in [5.74, 6) is -8.83. The van der Waals surface area contributed by atoms with Crippen molar-refractivity contribution in [1.29, 1.82) is 0 Å². The normalized spacial score (nSPS) is 12.5. The van der Waals surface area contributed by atoms with Crippen LogP contribution in [0.25, 0.3) is 0 Å². The van der Waals surface area contributed by atoms with Crippen LogP contribution in [-0.2, 0) is 52.7 Å². The van der Waals surface area contributed by atoms with E-state index in [1.807, 2.05) is 6.92 Å². The smallest absolute Gasteiger partial charge is 0.335 e. The number of carboxylic acids is 9. The summed E-state index contributed by atoms with van der Waals surface area (Å²) in [7, 11) is 0. The van der Waals surface area contributed by atoms with Crippen molar-refractivity contribution < 1.29 is 109 Å². The van der Waals surface area contributed by atoms with E-state index in [0.29, 0.717) is 153 Å². The number of nitrogens with two attached hydrogens (primary N) is 17. The molecule has 0 aliphatic carbocycles. The van der Waals surface area contributed by atoms with Crippen LogP contribution in [0.2, 0.25) is 0 Å². The summed E-state index contributed by atoms with van der Waals surface area (Å²) in [5, 5.41) is 102. The first-order valence-corrected chi connectivity index (χ1v) is 36.3. The molecular formula is C66H130N32O22. The summed E-state index contributed by atoms with van der Waals surface area (Å²) >= 11 is 0. The number of carbonyl (C=O) groups excluding carboxylic acids is 2. The van der Waals surface area contributed by atoms with Crippen LogP contribution in [0.4, 0.5) is 5.69 Å². The molecule has 0 spiro atoms. The number of guanidine groups is 8. The Hall–Kier alpha value is -13.3. The van der Waals surface area contributed by atoms with E-state index in [0.717, 1.165) is 6.54 Å². The lowest BCUT2D eigenvalue weighted by Gasteiger charge is -2.16. The third-order valence-corrected chi connectivity index (χ3v) is 13.5. The molecule has 54 heteroatoms. The Balaban J connectivity index is -0.000000244. The van der Waals surface area contributed by atoms with Crippen LogP contribution in [0.3, 0.4) is 0 Å². The van der Waals surface area contributed by atoms with Crippen LogP contribution in [0.1, 0.15) is 121 Å². The van der Waals surface area contributed by atoms with Gasteiger partial charge in [-0.25, -0.2) is 20.1 Å². The summed E-state index contributed by atoms with van der Waals surface area (Å²) in [6.07, 6.45) is 9.44. The number of nitrogens with zero attached hydrogens (tertiary/aromatic N) is 8. The SMILES string of the molecule is C=CCNC(N)=NCCCC(N)C(=O)O.C=CNC(N)=NCCCC(N)C(=O)O.CC(NC(CCCN=C(N)N)C(=O)O)C(=O)O.CCNC(N)=NCCCC(N)C(=O)O.NC(=NCCCC(N)C(=O)O)NO.NC(N)=NCCCC(NCCOC=O)C(=O)O.NC(N)=Nc1ccc(C(=O)O)cc1.NCCC(=O)NC(CCCN=C(N)N)C(=O)O. The van der Waals surface area contributed by atoms with Gasteiger partial charge in [-0.05, 0) is 134 Å². The van der Waals surface area contributed by atoms with E-state index < -0.39 is 102 Å². The Labute approximate surface area is 693 Å². The number of amides is 1. The van der Waals surface area contributed by atoms with Crippen LogP contribution >= 0.6 is 0 Å². The van der Waals surface area contributed by atoms with Crippen LogP contribution in [-0.4, -0.2) is 292 Å². The van der Waals surface area contributed by atoms with Gasteiger partial charge in [0.15, 0.2) is 41.7 Å². The average Bonchev–Trinajstić information content (AvgIpc) is 0.883. The third-order valence-electron chi connectivity index (χ3n) is 13.5. The molecule has 0 aliphatic rings. The fourth-order valence-electron chi connectivity index (χ4n) is 7.49. The fourth-order valence-corrected chi connectivity index (χ4v) is 7.49. The molecule has 1 aromatic carbocycles. The van der Waals surface area contributed by atoms with Gasteiger partial charge in [0.2, 0.25) is 11.9 Å². The van der Waals surface area contributed by atoms with Crippen LogP contribution in [0, 0.1) is 0 Å². The third kappa shape index (κ3) is 85.6. The summed E-state index contributed by atoms with van der Waals surface area (Å²) in [6.45, 7) is 15.2. The highest BCUT2D eigenvalue weighted by Gasteiger charge is 2.23. The van der Waals surface area contributed by atoms with Crippen molar-refractivity contribution in [1.82, 2.24) is 37.4 Å². The summed E-state index contributed by atoms with van der Waals surface area (Å²) in [4.78, 5) is 146. The highest BCUT2D eigenvalue weighted by Crippen LogP contribution is 2.12. The summed E-state index contributed by atoms with van der Waals surface area (Å²) in [5.41, 5.74) is 91.1. The molecule has 0 aliphatic heterocycles. The van der Waals surface area contributed by atoms with Gasteiger partial charge in [0, 0.05) is 78.4 Å². The number of aliphatic imine (C=N–C) groups is 8. The standard InChI is InChI=1S/C9H19N5O3.2C9H18N4O4.C9H18N4O2.C8H18N4O2.C8H16N4O2.C8H9N3O2.C6H14N4O3/c10-4-3-7(15)14-6(8(16)17)2-1-5-13-9(11)12;1-5(7(14)15)13-6(8(16)17)3-2-4-12-9(10)11;10-9(11)13-3-1-2-7(8(15)16)12-4-5-17-6-14;1-2-5-12-9(11)13-6-3-4-7(10)8(14)15;2*1-2-11-8(10)12-5-3-4-6(9)7(13)14;9-8(10)11-6-3-1-5(2-4-6)7(12)13;7-4(5(11)12)2-1-3-9-6(8)10-13/h6H,1-5,10H2,(H,14,15)(H,16,17)(H4,11,12,13);5-6,13H,2-4H2,1H3,(H,14,15)(H,16,17)(H4,10,11,12);6-7,12H,1-5H2,(H,15,16)(H4,10,11,13);2,7H,1,3-6,10H2,(H,14,15)(H3,11,12,13);6H,2-5,9H2,1H3,(H,13,14)(H3,10,11,12);2,6H,1,3-5,9H2,(H,13,14)(H3,10,11,12);1-4H,(H,12,13)(H4,9,10,11);4,13H,1-3,7H2,(H,11,12)(H3,8,9,10). The minimum atomic E-state index is -1.10. The topological polar surface area (TPSA) is 1020 Å². The van der Waals surface area contributed by atoms with E-state index in [1.165, 1.54) is 37.4 Å². The zero-order valence-electron chi connectivity index (χ0n) is 67.4. The molecule has 0 heterocycles. The number of aromatic carboxylic acids is 1. The van der Waals surface area contributed by atoms with Gasteiger partial charge in [-0.3, -0.25) is 88.6 Å². The van der Waals surface area contributed by atoms with E-state index >= 15 is 0 Å². The number of benzene rings is 1. The maximum Gasteiger partial charge on any atom is 0.335 e. The van der Waals surface area contributed by atoms with Gasteiger partial charge in [0.1, 0.15) is 54.9 Å². The Bertz CT molecular complexity index is 3340. The number of nitrogens with one attached hydrogen (secondary N) is 7. The molecule has 1 aromatic rings. The van der Waals surface area contributed by atoms with Crippen molar-refractivity contribution in [2.24, 2.45) is 137 Å². The predicted molar refractivity (Wildman–Crippen MR) is 450 cm³/mol. The Morgan fingerprint density at radius 2 is 0.825 bits per heavy atom. The monoisotopic (exact) mass is 1720 g/mol. The molecule has 0 fully saturated rings. The molecule has 120 heavy (non-hydrogen) atoms. The average molecular weight is 1720 g/mol. The number of hydrogen-bond donors (Lipinski definition) is 34. The first-order valence-electron chi connectivity index (χ1n) is 36.3. The molecule has 0 radical (unpaired) electrons. The first kappa shape index (κ1) is 120. The highest BCUT2D eigenvalue weighted by atomic mass is 16.5. The molecule has 0 saturated carbocycles. The minimum Gasteiger partial charge on any atom is -0.480 e. The molecule has 686 valence electrons. The van der Waals surface area contributed by atoms with E-state index in [-0.39, 0.29) is 86.2 Å². The van der Waals surface area contributed by atoms with Crippen molar-refractivity contribution in [3.8, 4) is 0 Å². The van der Waals surface area contributed by atoms with Crippen molar-refractivity contribution in [2.45, 2.75) is 158 Å². The second kappa shape index (κ2) is 79.5. The van der Waals surface area contributed by atoms with Crippen LogP contribution in [0.5, 0.6) is 0 Å². The molecule has 1 rings (SSSR count). The molecule has 51 N–H and O–H groups in total. The number of carboxylic acid groups (broad SMARTS) is 9. The Morgan fingerprint density at radius 3 is 1.14 bits per heavy atom. The zero-order valence-corrected chi connectivity index (χ0v) is 67.4. The van der Waals surface area contributed by atoms with E-state index in [4.69, 9.17) is 149 Å². The quantitative estimate of drug-likeness (QED) is 0.00719. The minimum absolute atomic E-state index is 0.00998. The van der Waals surface area contributed by atoms with Gasteiger partial charge < -0.3 is 175 Å². The molecule has 0 aromatic heterocycles. The van der Waals surface area contributed by atoms with E-state index in [2.05, 4.69) is 89.7 Å². The second-order valence-electron chi connectivity index (χ2n) is 23.7. The van der Waals surface area contributed by atoms with Gasteiger partial charge in [-0.1, -0.05) is 12.7 Å². The number of hydrogen-bond acceptors (Lipinski definition) is 28. The summed E-state index contributed by atoms with van der Waals surface area (Å²) < 4.78 is 4.43. The van der Waals surface area contributed by atoms with E-state index in [9.17, 15) is 52.7 Å². The van der Waals surface area contributed by atoms with Crippen LogP contribution in [0.15, 0.2) is 89.6 Å². The van der Waals surface area contributed by atoms with E-state index in [1.54, 1.807) is 11.6 Å². The van der Waals surface area contributed by atoms with Gasteiger partial charge in [-0.2, -0.15) is 0 Å². The largest absolute Gasteiger partial charge is 0.480 e. The fraction of sp³-hybridized carbons (Fsp3) is 0.561.